The number of nitrogens with zero attached hydrogens (tertiary/aromatic N) is 2. The van der Waals surface area contributed by atoms with E-state index in [9.17, 15) is 0 Å². The summed E-state index contributed by atoms with van der Waals surface area (Å²) in [5.41, 5.74) is 1.02. The molecule has 70 valence electrons. The lowest BCUT2D eigenvalue weighted by atomic mass is 9.98. The first-order valence-electron chi connectivity index (χ1n) is 4.41. The monoisotopic (exact) mass is 184 g/mol. The molecule has 14 heavy (non-hydrogen) atoms. The van der Waals surface area contributed by atoms with E-state index in [0.29, 0.717) is 11.4 Å². The van der Waals surface area contributed by atoms with Gasteiger partial charge in [0.25, 0.3) is 0 Å². The molecule has 1 aromatic heterocycles. The van der Waals surface area contributed by atoms with Gasteiger partial charge in [0.1, 0.15) is 17.5 Å². The number of rotatable bonds is 0. The molecule has 0 atom stereocenters. The van der Waals surface area contributed by atoms with Gasteiger partial charge in [-0.3, -0.25) is 0 Å². The minimum Gasteiger partial charge on any atom is -0.229 e. The number of hydrogen-bond donors (Lipinski definition) is 0. The normalized spacial score (nSPS) is 9.86. The zero-order chi connectivity index (χ0) is 10.6. The topological polar surface area (TPSA) is 36.7 Å². The van der Waals surface area contributed by atoms with Gasteiger partial charge in [0.05, 0.1) is 0 Å². The number of aromatic nitrogens is 1. The van der Waals surface area contributed by atoms with E-state index in [1.807, 2.05) is 26.8 Å². The highest BCUT2D eigenvalue weighted by Crippen LogP contribution is 2.10. The first-order chi connectivity index (χ1) is 6.51. The molecule has 0 aromatic carbocycles. The van der Waals surface area contributed by atoms with Crippen molar-refractivity contribution in [2.45, 2.75) is 20.8 Å². The van der Waals surface area contributed by atoms with Crippen molar-refractivity contribution in [3.8, 4) is 17.9 Å². The summed E-state index contributed by atoms with van der Waals surface area (Å²) < 4.78 is 0. The van der Waals surface area contributed by atoms with Crippen LogP contribution in [0.2, 0.25) is 0 Å². The average molecular weight is 184 g/mol. The van der Waals surface area contributed by atoms with E-state index in [-0.39, 0.29) is 5.41 Å². The van der Waals surface area contributed by atoms with Crippen LogP contribution in [0.15, 0.2) is 18.2 Å². The summed E-state index contributed by atoms with van der Waals surface area (Å²) in [4.78, 5) is 4.06. The Morgan fingerprint density at radius 3 is 2.43 bits per heavy atom. The number of hydrogen-bond acceptors (Lipinski definition) is 2. The lowest BCUT2D eigenvalue weighted by Gasteiger charge is -2.06. The number of pyridine rings is 1. The highest BCUT2D eigenvalue weighted by molar-refractivity contribution is 5.33. The van der Waals surface area contributed by atoms with Crippen LogP contribution in [-0.2, 0) is 0 Å². The SMILES string of the molecule is CC(C)(C)C#Cc1cccc(C#N)n1. The van der Waals surface area contributed by atoms with Gasteiger partial charge in [-0.25, -0.2) is 4.98 Å². The van der Waals surface area contributed by atoms with Crippen LogP contribution in [0.5, 0.6) is 0 Å². The molecule has 0 amide bonds. The van der Waals surface area contributed by atoms with Crippen molar-refractivity contribution in [1.82, 2.24) is 4.98 Å². The molecule has 0 aliphatic rings. The molecule has 0 N–H and O–H groups in total. The second-order valence-corrected chi connectivity index (χ2v) is 4.02. The van der Waals surface area contributed by atoms with E-state index in [0.717, 1.165) is 0 Å². The molecule has 0 aliphatic heterocycles. The lowest BCUT2D eigenvalue weighted by Crippen LogP contribution is -1.99. The average Bonchev–Trinajstić information content (AvgIpc) is 2.14. The molecule has 0 spiro atoms. The minimum atomic E-state index is -0.0374. The zero-order valence-electron chi connectivity index (χ0n) is 8.63. The maximum atomic E-state index is 8.63. The summed E-state index contributed by atoms with van der Waals surface area (Å²) in [6.45, 7) is 6.11. The Morgan fingerprint density at radius 1 is 1.21 bits per heavy atom. The predicted octanol–water partition coefficient (Wildman–Crippen LogP) is 2.35. The molecule has 1 rings (SSSR count). The summed E-state index contributed by atoms with van der Waals surface area (Å²) in [7, 11) is 0. The van der Waals surface area contributed by atoms with Gasteiger partial charge in [-0.2, -0.15) is 5.26 Å². The Bertz CT molecular complexity index is 422. The molecule has 0 bridgehead atoms. The van der Waals surface area contributed by atoms with Crippen LogP contribution in [-0.4, -0.2) is 4.98 Å². The Hall–Kier alpha value is -1.80. The van der Waals surface area contributed by atoms with Crippen molar-refractivity contribution in [2.24, 2.45) is 5.41 Å². The van der Waals surface area contributed by atoms with Crippen molar-refractivity contribution in [3.63, 3.8) is 0 Å². The third kappa shape index (κ3) is 3.29. The lowest BCUT2D eigenvalue weighted by molar-refractivity contribution is 0.571. The fourth-order valence-electron chi connectivity index (χ4n) is 0.818. The van der Waals surface area contributed by atoms with Crippen molar-refractivity contribution >= 4 is 0 Å². The fourth-order valence-corrected chi connectivity index (χ4v) is 0.818. The second kappa shape index (κ2) is 3.94. The van der Waals surface area contributed by atoms with Crippen LogP contribution >= 0.6 is 0 Å². The second-order valence-electron chi connectivity index (χ2n) is 4.02. The molecule has 1 aromatic rings. The number of nitriles is 1. The zero-order valence-corrected chi connectivity index (χ0v) is 8.63. The Morgan fingerprint density at radius 2 is 1.86 bits per heavy atom. The van der Waals surface area contributed by atoms with Crippen LogP contribution in [0.1, 0.15) is 32.2 Å². The molecule has 0 fully saturated rings. The van der Waals surface area contributed by atoms with Crippen LogP contribution in [0, 0.1) is 28.6 Å². The first kappa shape index (κ1) is 10.3. The maximum Gasteiger partial charge on any atom is 0.141 e. The van der Waals surface area contributed by atoms with Gasteiger partial charge in [-0.15, -0.1) is 0 Å². The smallest absolute Gasteiger partial charge is 0.141 e. The van der Waals surface area contributed by atoms with E-state index in [1.54, 1.807) is 18.2 Å². The third-order valence-electron chi connectivity index (χ3n) is 1.43. The molecule has 0 radical (unpaired) electrons. The summed E-state index contributed by atoms with van der Waals surface area (Å²) in [6, 6.07) is 7.25. The largest absolute Gasteiger partial charge is 0.229 e. The molecule has 2 heteroatoms. The Kier molecular flexibility index (Phi) is 2.89. The Balaban J connectivity index is 2.98. The highest BCUT2D eigenvalue weighted by Gasteiger charge is 2.03. The standard InChI is InChI=1S/C12H12N2/c1-12(2,3)8-7-10-5-4-6-11(9-13)14-10/h4-6H,1-3H3. The van der Waals surface area contributed by atoms with E-state index in [1.165, 1.54) is 0 Å². The van der Waals surface area contributed by atoms with Crippen molar-refractivity contribution in [1.29, 1.82) is 5.26 Å². The van der Waals surface area contributed by atoms with Gasteiger partial charge >= 0.3 is 0 Å². The van der Waals surface area contributed by atoms with Crippen LogP contribution < -0.4 is 0 Å². The summed E-state index contributed by atoms with van der Waals surface area (Å²) >= 11 is 0. The van der Waals surface area contributed by atoms with E-state index < -0.39 is 0 Å². The molecular weight excluding hydrogens is 172 g/mol. The van der Waals surface area contributed by atoms with E-state index >= 15 is 0 Å². The maximum absolute atomic E-state index is 8.63. The van der Waals surface area contributed by atoms with E-state index in [4.69, 9.17) is 5.26 Å². The Labute approximate surface area is 84.6 Å². The van der Waals surface area contributed by atoms with Gasteiger partial charge in [0.2, 0.25) is 0 Å². The molecule has 0 aliphatic carbocycles. The van der Waals surface area contributed by atoms with Gasteiger partial charge in [-0.1, -0.05) is 12.0 Å². The fraction of sp³-hybridized carbons (Fsp3) is 0.333. The van der Waals surface area contributed by atoms with E-state index in [2.05, 4.69) is 16.8 Å². The first-order valence-corrected chi connectivity index (χ1v) is 4.41. The molecule has 2 nitrogen and oxygen atoms in total. The van der Waals surface area contributed by atoms with Crippen molar-refractivity contribution < 1.29 is 0 Å². The van der Waals surface area contributed by atoms with Gasteiger partial charge in [0.15, 0.2) is 0 Å². The van der Waals surface area contributed by atoms with Gasteiger partial charge in [-0.05, 0) is 38.8 Å². The summed E-state index contributed by atoms with van der Waals surface area (Å²) in [6.07, 6.45) is 0. The molecular formula is C12H12N2. The quantitative estimate of drug-likeness (QED) is 0.580. The minimum absolute atomic E-state index is 0.0374. The predicted molar refractivity (Wildman–Crippen MR) is 55.3 cm³/mol. The van der Waals surface area contributed by atoms with Crippen LogP contribution in [0.25, 0.3) is 0 Å². The van der Waals surface area contributed by atoms with Crippen molar-refractivity contribution in [3.05, 3.63) is 29.6 Å². The summed E-state index contributed by atoms with van der Waals surface area (Å²) in [5.74, 6) is 6.01. The van der Waals surface area contributed by atoms with Gasteiger partial charge < -0.3 is 0 Å². The van der Waals surface area contributed by atoms with Crippen molar-refractivity contribution in [2.75, 3.05) is 0 Å². The molecule has 1 heterocycles. The molecule has 0 saturated heterocycles. The van der Waals surface area contributed by atoms with Crippen LogP contribution in [0.4, 0.5) is 0 Å². The van der Waals surface area contributed by atoms with Gasteiger partial charge in [0, 0.05) is 5.41 Å². The molecule has 0 saturated carbocycles. The third-order valence-corrected chi connectivity index (χ3v) is 1.43. The summed E-state index contributed by atoms with van der Waals surface area (Å²) in [5, 5.41) is 8.63. The molecule has 0 unspecified atom stereocenters. The van der Waals surface area contributed by atoms with Crippen LogP contribution in [0.3, 0.4) is 0 Å². The highest BCUT2D eigenvalue weighted by atomic mass is 14.7.